The van der Waals surface area contributed by atoms with E-state index in [0.29, 0.717) is 12.0 Å². The van der Waals surface area contributed by atoms with Crippen molar-refractivity contribution in [1.82, 2.24) is 5.32 Å². The highest BCUT2D eigenvalue weighted by Gasteiger charge is 2.26. The van der Waals surface area contributed by atoms with E-state index in [0.717, 1.165) is 6.54 Å². The summed E-state index contributed by atoms with van der Waals surface area (Å²) in [6.07, 6.45) is 1.22. The topological polar surface area (TPSA) is 15.3 Å². The predicted octanol–water partition coefficient (Wildman–Crippen LogP) is 2.22. The Balaban J connectivity index is 2.17. The van der Waals surface area contributed by atoms with E-state index in [9.17, 15) is 0 Å². The molecule has 0 fully saturated rings. The van der Waals surface area contributed by atoms with Crippen LogP contribution in [0.3, 0.4) is 0 Å². The van der Waals surface area contributed by atoms with Crippen LogP contribution in [0.5, 0.6) is 0 Å². The maximum atomic E-state index is 3.32. The van der Waals surface area contributed by atoms with Crippen molar-refractivity contribution in [2.24, 2.45) is 0 Å². The first-order valence-corrected chi connectivity index (χ1v) is 5.69. The van der Waals surface area contributed by atoms with E-state index >= 15 is 0 Å². The quantitative estimate of drug-likeness (QED) is 0.812. The molecule has 1 aliphatic rings. The third-order valence-corrected chi connectivity index (χ3v) is 3.41. The first-order chi connectivity index (χ1) is 7.22. The van der Waals surface area contributed by atoms with E-state index in [2.05, 4.69) is 48.5 Å². The lowest BCUT2D eigenvalue weighted by atomic mass is 9.95. The van der Waals surface area contributed by atoms with Crippen LogP contribution in [0, 0.1) is 0 Å². The minimum Gasteiger partial charge on any atom is -0.374 e. The molecule has 0 aromatic heterocycles. The fraction of sp³-hybridized carbons (Fsp3) is 0.538. The van der Waals surface area contributed by atoms with Gasteiger partial charge >= 0.3 is 0 Å². The summed E-state index contributed by atoms with van der Waals surface area (Å²) in [5.41, 5.74) is 2.92. The van der Waals surface area contributed by atoms with Gasteiger partial charge in [-0.25, -0.2) is 0 Å². The normalized spacial score (nSPS) is 21.5. The van der Waals surface area contributed by atoms with Gasteiger partial charge in [0.15, 0.2) is 0 Å². The zero-order valence-corrected chi connectivity index (χ0v) is 9.83. The number of hydrogen-bond donors (Lipinski definition) is 1. The number of fused-ring (bicyclic) bond motifs is 1. The van der Waals surface area contributed by atoms with Crippen LogP contribution in [-0.4, -0.2) is 26.7 Å². The van der Waals surface area contributed by atoms with Crippen molar-refractivity contribution in [2.45, 2.75) is 25.3 Å². The molecule has 1 heterocycles. The average Bonchev–Trinajstić information content (AvgIpc) is 2.57. The molecule has 1 aromatic rings. The molecular formula is C13H20N2. The van der Waals surface area contributed by atoms with Gasteiger partial charge in [-0.3, -0.25) is 0 Å². The van der Waals surface area contributed by atoms with Crippen LogP contribution in [0.25, 0.3) is 0 Å². The number of likely N-dealkylation sites (N-methyl/N-ethyl adjacent to an activating group) is 1. The van der Waals surface area contributed by atoms with E-state index < -0.39 is 0 Å². The third kappa shape index (κ3) is 2.00. The van der Waals surface area contributed by atoms with Gasteiger partial charge in [0.2, 0.25) is 0 Å². The van der Waals surface area contributed by atoms with Crippen LogP contribution in [0.4, 0.5) is 5.69 Å². The molecule has 2 rings (SSSR count). The Labute approximate surface area is 92.3 Å². The minimum absolute atomic E-state index is 0.592. The summed E-state index contributed by atoms with van der Waals surface area (Å²) in [4.78, 5) is 2.36. The highest BCUT2D eigenvalue weighted by atomic mass is 15.1. The SMILES string of the molecule is CNC(C)CC1CN(C)c2ccccc21. The van der Waals surface area contributed by atoms with E-state index in [1.807, 2.05) is 7.05 Å². The van der Waals surface area contributed by atoms with Crippen LogP contribution < -0.4 is 10.2 Å². The molecule has 2 nitrogen and oxygen atoms in total. The molecule has 2 atom stereocenters. The lowest BCUT2D eigenvalue weighted by Crippen LogP contribution is -2.25. The summed E-state index contributed by atoms with van der Waals surface area (Å²) in [6, 6.07) is 9.36. The van der Waals surface area contributed by atoms with E-state index in [-0.39, 0.29) is 0 Å². The first-order valence-electron chi connectivity index (χ1n) is 5.69. The van der Waals surface area contributed by atoms with Gasteiger partial charge in [0.1, 0.15) is 0 Å². The minimum atomic E-state index is 0.592. The lowest BCUT2D eigenvalue weighted by molar-refractivity contribution is 0.508. The van der Waals surface area contributed by atoms with Gasteiger partial charge in [-0.1, -0.05) is 18.2 Å². The van der Waals surface area contributed by atoms with Crippen molar-refractivity contribution in [3.8, 4) is 0 Å². The Morgan fingerprint density at radius 3 is 2.93 bits per heavy atom. The second-order valence-corrected chi connectivity index (χ2v) is 4.56. The highest BCUT2D eigenvalue weighted by molar-refractivity contribution is 5.59. The van der Waals surface area contributed by atoms with Gasteiger partial charge in [0.05, 0.1) is 0 Å². The lowest BCUT2D eigenvalue weighted by Gasteiger charge is -2.16. The maximum Gasteiger partial charge on any atom is 0.0399 e. The Bertz CT molecular complexity index is 335. The molecule has 0 radical (unpaired) electrons. The van der Waals surface area contributed by atoms with Crippen LogP contribution in [0.1, 0.15) is 24.8 Å². The Hall–Kier alpha value is -1.02. The Morgan fingerprint density at radius 2 is 2.20 bits per heavy atom. The second-order valence-electron chi connectivity index (χ2n) is 4.56. The molecule has 0 bridgehead atoms. The summed E-state index contributed by atoms with van der Waals surface area (Å²) in [5, 5.41) is 3.32. The fourth-order valence-electron chi connectivity index (χ4n) is 2.45. The molecule has 0 saturated heterocycles. The van der Waals surface area contributed by atoms with Crippen LogP contribution in [0.15, 0.2) is 24.3 Å². The fourth-order valence-corrected chi connectivity index (χ4v) is 2.45. The van der Waals surface area contributed by atoms with Crippen LogP contribution in [-0.2, 0) is 0 Å². The molecular weight excluding hydrogens is 184 g/mol. The van der Waals surface area contributed by atoms with Crippen molar-refractivity contribution in [2.75, 3.05) is 25.5 Å². The second kappa shape index (κ2) is 4.23. The molecule has 15 heavy (non-hydrogen) atoms. The van der Waals surface area contributed by atoms with Crippen molar-refractivity contribution in [1.29, 1.82) is 0 Å². The van der Waals surface area contributed by atoms with Crippen molar-refractivity contribution in [3.05, 3.63) is 29.8 Å². The van der Waals surface area contributed by atoms with Gasteiger partial charge < -0.3 is 10.2 Å². The molecule has 2 unspecified atom stereocenters. The van der Waals surface area contributed by atoms with Gasteiger partial charge in [0.25, 0.3) is 0 Å². The number of rotatable bonds is 3. The maximum absolute atomic E-state index is 3.32. The number of nitrogens with one attached hydrogen (secondary N) is 1. The van der Waals surface area contributed by atoms with Gasteiger partial charge in [-0.15, -0.1) is 0 Å². The van der Waals surface area contributed by atoms with Crippen molar-refractivity contribution >= 4 is 5.69 Å². The van der Waals surface area contributed by atoms with Crippen LogP contribution >= 0.6 is 0 Å². The number of hydrogen-bond acceptors (Lipinski definition) is 2. The van der Waals surface area contributed by atoms with Gasteiger partial charge in [0, 0.05) is 31.2 Å². The number of benzene rings is 1. The molecule has 0 spiro atoms. The molecule has 2 heteroatoms. The Morgan fingerprint density at radius 1 is 1.47 bits per heavy atom. The smallest absolute Gasteiger partial charge is 0.0399 e. The van der Waals surface area contributed by atoms with E-state index in [1.54, 1.807) is 0 Å². The summed E-state index contributed by atoms with van der Waals surface area (Å²) in [7, 11) is 4.22. The molecule has 0 amide bonds. The summed E-state index contributed by atoms with van der Waals surface area (Å²) in [6.45, 7) is 3.41. The highest BCUT2D eigenvalue weighted by Crippen LogP contribution is 2.37. The Kier molecular flexibility index (Phi) is 2.96. The van der Waals surface area contributed by atoms with E-state index in [4.69, 9.17) is 0 Å². The standard InChI is InChI=1S/C13H20N2/c1-10(14-2)8-11-9-15(3)13-7-5-4-6-12(11)13/h4-7,10-11,14H,8-9H2,1-3H3. The molecule has 0 saturated carbocycles. The summed E-state index contributed by atoms with van der Waals surface area (Å²) in [5.74, 6) is 0.689. The first kappa shape index (κ1) is 10.5. The molecule has 0 aliphatic carbocycles. The van der Waals surface area contributed by atoms with E-state index in [1.165, 1.54) is 17.7 Å². The number of para-hydroxylation sites is 1. The zero-order valence-electron chi connectivity index (χ0n) is 9.83. The summed E-state index contributed by atoms with van der Waals surface area (Å²) >= 11 is 0. The summed E-state index contributed by atoms with van der Waals surface area (Å²) < 4.78 is 0. The third-order valence-electron chi connectivity index (χ3n) is 3.41. The van der Waals surface area contributed by atoms with Gasteiger partial charge in [-0.05, 0) is 32.0 Å². The zero-order chi connectivity index (χ0) is 10.8. The molecule has 1 aliphatic heterocycles. The molecule has 82 valence electrons. The van der Waals surface area contributed by atoms with Crippen LogP contribution in [0.2, 0.25) is 0 Å². The predicted molar refractivity (Wildman–Crippen MR) is 65.6 cm³/mol. The number of anilines is 1. The largest absolute Gasteiger partial charge is 0.374 e. The average molecular weight is 204 g/mol. The number of nitrogens with zero attached hydrogens (tertiary/aromatic N) is 1. The van der Waals surface area contributed by atoms with Gasteiger partial charge in [-0.2, -0.15) is 0 Å². The van der Waals surface area contributed by atoms with Crippen molar-refractivity contribution < 1.29 is 0 Å². The van der Waals surface area contributed by atoms with Crippen molar-refractivity contribution in [3.63, 3.8) is 0 Å². The molecule has 1 N–H and O–H groups in total. The molecule has 1 aromatic carbocycles. The monoisotopic (exact) mass is 204 g/mol.